The minimum atomic E-state index is 0.911. The summed E-state index contributed by atoms with van der Waals surface area (Å²) in [5, 5.41) is 0. The number of rotatable bonds is 10. The molecule has 154 valence electrons. The van der Waals surface area contributed by atoms with E-state index in [1.807, 2.05) is 13.8 Å². The van der Waals surface area contributed by atoms with E-state index in [4.69, 9.17) is 0 Å². The lowest BCUT2D eigenvalue weighted by molar-refractivity contribution is 0.343. The van der Waals surface area contributed by atoms with Crippen LogP contribution in [-0.4, -0.2) is 31.1 Å². The van der Waals surface area contributed by atoms with E-state index in [0.717, 1.165) is 12.5 Å². The van der Waals surface area contributed by atoms with E-state index < -0.39 is 0 Å². The molecule has 0 spiro atoms. The Morgan fingerprint density at radius 3 is 2.50 bits per heavy atom. The Bertz CT molecular complexity index is 620. The summed E-state index contributed by atoms with van der Waals surface area (Å²) in [5.74, 6) is 0.911. The van der Waals surface area contributed by atoms with Gasteiger partial charge in [-0.3, -0.25) is 4.72 Å². The lowest BCUT2D eigenvalue weighted by atomic mass is 10.1. The quantitative estimate of drug-likeness (QED) is 0.359. The first-order valence-corrected chi connectivity index (χ1v) is 11.9. The Morgan fingerprint density at radius 1 is 1.14 bits per heavy atom. The molecule has 0 bridgehead atoms. The number of hydrogen-bond donors (Lipinski definition) is 1. The molecule has 0 unspecified atom stereocenters. The number of nitrogens with zero attached hydrogens (tertiary/aromatic N) is 1. The summed E-state index contributed by atoms with van der Waals surface area (Å²) in [5.41, 5.74) is 2.71. The van der Waals surface area contributed by atoms with Gasteiger partial charge in [-0.05, 0) is 87.2 Å². The average Bonchev–Trinajstić information content (AvgIpc) is 3.41. The minimum absolute atomic E-state index is 0.911. The predicted octanol–water partition coefficient (Wildman–Crippen LogP) is 6.47. The Morgan fingerprint density at radius 2 is 1.86 bits per heavy atom. The molecule has 2 nitrogen and oxygen atoms in total. The molecule has 1 saturated heterocycles. The monoisotopic (exact) mass is 398 g/mol. The molecule has 1 aromatic rings. The molecule has 1 heterocycles. The van der Waals surface area contributed by atoms with Gasteiger partial charge in [-0.25, -0.2) is 0 Å². The molecular formula is C25H38N2S. The van der Waals surface area contributed by atoms with E-state index in [-0.39, 0.29) is 0 Å². The largest absolute Gasteiger partial charge is 0.303 e. The van der Waals surface area contributed by atoms with Crippen LogP contribution in [0.5, 0.6) is 0 Å². The average molecular weight is 399 g/mol. The maximum atomic E-state index is 3.48. The minimum Gasteiger partial charge on any atom is -0.303 e. The first-order chi connectivity index (χ1) is 13.8. The lowest BCUT2D eigenvalue weighted by Crippen LogP contribution is -2.21. The van der Waals surface area contributed by atoms with Crippen LogP contribution < -0.4 is 4.72 Å². The number of likely N-dealkylation sites (tertiary alicyclic amines) is 1. The van der Waals surface area contributed by atoms with Crippen molar-refractivity contribution in [2.24, 2.45) is 5.92 Å². The summed E-state index contributed by atoms with van der Waals surface area (Å²) in [6.07, 6.45) is 17.5. The summed E-state index contributed by atoms with van der Waals surface area (Å²) in [6.45, 7) is 11.0. The Labute approximate surface area is 177 Å². The summed E-state index contributed by atoms with van der Waals surface area (Å²) >= 11 is 1.74. The third kappa shape index (κ3) is 9.27. The molecule has 2 aliphatic rings. The van der Waals surface area contributed by atoms with Gasteiger partial charge in [-0.2, -0.15) is 0 Å². The molecule has 0 amide bonds. The molecule has 2 fully saturated rings. The smallest absolute Gasteiger partial charge is 0.0224 e. The molecule has 0 aromatic heterocycles. The number of hydrogen-bond acceptors (Lipinski definition) is 3. The third-order valence-corrected chi connectivity index (χ3v) is 5.85. The van der Waals surface area contributed by atoms with E-state index in [9.17, 15) is 0 Å². The van der Waals surface area contributed by atoms with Crippen molar-refractivity contribution in [3.8, 4) is 0 Å². The van der Waals surface area contributed by atoms with Crippen LogP contribution in [-0.2, 0) is 6.42 Å². The second-order valence-electron chi connectivity index (χ2n) is 7.36. The van der Waals surface area contributed by atoms with E-state index in [1.54, 1.807) is 11.9 Å². The topological polar surface area (TPSA) is 15.3 Å². The van der Waals surface area contributed by atoms with Crippen LogP contribution in [0.1, 0.15) is 57.6 Å². The van der Waals surface area contributed by atoms with Gasteiger partial charge in [0.05, 0.1) is 0 Å². The van der Waals surface area contributed by atoms with Gasteiger partial charge in [0.25, 0.3) is 0 Å². The predicted molar refractivity (Wildman–Crippen MR) is 127 cm³/mol. The second kappa shape index (κ2) is 13.8. The summed E-state index contributed by atoms with van der Waals surface area (Å²) < 4.78 is 3.48. The zero-order valence-electron chi connectivity index (χ0n) is 18.0. The molecule has 1 aliphatic carbocycles. The highest BCUT2D eigenvalue weighted by Crippen LogP contribution is 2.28. The van der Waals surface area contributed by atoms with Gasteiger partial charge in [0.2, 0.25) is 0 Å². The molecule has 1 saturated carbocycles. The SMILES string of the molecule is CC.C\C=C/C(=C\C=C\c1ccc(CCN2CCCC2)cc1)SNCC1CC1. The number of allylic oxidation sites excluding steroid dienone is 4. The second-order valence-corrected chi connectivity index (χ2v) is 8.33. The van der Waals surface area contributed by atoms with E-state index in [2.05, 4.69) is 71.2 Å². The highest BCUT2D eigenvalue weighted by atomic mass is 32.2. The van der Waals surface area contributed by atoms with Crippen LogP contribution in [0.15, 0.2) is 53.5 Å². The van der Waals surface area contributed by atoms with E-state index in [0.29, 0.717) is 0 Å². The van der Waals surface area contributed by atoms with Crippen LogP contribution in [0.2, 0.25) is 0 Å². The van der Waals surface area contributed by atoms with Crippen molar-refractivity contribution in [1.82, 2.24) is 9.62 Å². The zero-order valence-corrected chi connectivity index (χ0v) is 18.8. The Balaban J connectivity index is 0.00000136. The van der Waals surface area contributed by atoms with Crippen LogP contribution in [0, 0.1) is 5.92 Å². The van der Waals surface area contributed by atoms with E-state index >= 15 is 0 Å². The first-order valence-electron chi connectivity index (χ1n) is 11.1. The maximum absolute atomic E-state index is 3.48. The fourth-order valence-corrected chi connectivity index (χ4v) is 4.03. The molecule has 0 atom stereocenters. The number of benzene rings is 1. The fraction of sp³-hybridized carbons (Fsp3) is 0.520. The maximum Gasteiger partial charge on any atom is 0.0224 e. The number of nitrogens with one attached hydrogen (secondary N) is 1. The molecule has 1 aromatic carbocycles. The summed E-state index contributed by atoms with van der Waals surface area (Å²) in [4.78, 5) is 3.84. The van der Waals surface area contributed by atoms with Crippen molar-refractivity contribution in [2.75, 3.05) is 26.2 Å². The first kappa shape index (κ1) is 23.0. The molecule has 28 heavy (non-hydrogen) atoms. The molecule has 3 heteroatoms. The van der Waals surface area contributed by atoms with Crippen LogP contribution in [0.25, 0.3) is 6.08 Å². The van der Waals surface area contributed by atoms with Gasteiger partial charge < -0.3 is 4.90 Å². The molecule has 0 radical (unpaired) electrons. The van der Waals surface area contributed by atoms with Crippen LogP contribution >= 0.6 is 11.9 Å². The van der Waals surface area contributed by atoms with Gasteiger partial charge in [-0.1, -0.05) is 62.4 Å². The third-order valence-electron chi connectivity index (χ3n) is 5.03. The molecular weight excluding hydrogens is 360 g/mol. The summed E-state index contributed by atoms with van der Waals surface area (Å²) in [7, 11) is 0. The Kier molecular flexibility index (Phi) is 11.3. The molecule has 1 N–H and O–H groups in total. The normalized spacial score (nSPS) is 18.0. The fourth-order valence-electron chi connectivity index (χ4n) is 3.20. The van der Waals surface area contributed by atoms with Crippen molar-refractivity contribution < 1.29 is 0 Å². The van der Waals surface area contributed by atoms with Crippen LogP contribution in [0.3, 0.4) is 0 Å². The van der Waals surface area contributed by atoms with Crippen molar-refractivity contribution in [3.05, 3.63) is 64.6 Å². The molecule has 1 aliphatic heterocycles. The standard InChI is InChI=1S/C23H32N2S.C2H6/c1-2-6-23(26-24-19-22-13-14-22)8-5-7-20-9-11-21(12-10-20)15-18-25-16-3-4-17-25;1-2/h2,5-12,22,24H,3-4,13-19H2,1H3;1-2H3/b6-2-,7-5+,23-8+;. The van der Waals surface area contributed by atoms with Crippen molar-refractivity contribution in [2.45, 2.75) is 52.9 Å². The molecule has 3 rings (SSSR count). The highest BCUT2D eigenvalue weighted by molar-refractivity contribution is 8.01. The van der Waals surface area contributed by atoms with Gasteiger partial charge in [-0.15, -0.1) is 0 Å². The van der Waals surface area contributed by atoms with Gasteiger partial charge >= 0.3 is 0 Å². The van der Waals surface area contributed by atoms with Crippen molar-refractivity contribution in [1.29, 1.82) is 0 Å². The van der Waals surface area contributed by atoms with Crippen LogP contribution in [0.4, 0.5) is 0 Å². The van der Waals surface area contributed by atoms with Crippen molar-refractivity contribution >= 4 is 18.0 Å². The zero-order chi connectivity index (χ0) is 20.0. The van der Waals surface area contributed by atoms with E-state index in [1.165, 1.54) is 67.8 Å². The Hall–Kier alpha value is -1.29. The summed E-state index contributed by atoms with van der Waals surface area (Å²) in [6, 6.07) is 9.02. The van der Waals surface area contributed by atoms with Gasteiger partial charge in [0, 0.05) is 18.0 Å². The highest BCUT2D eigenvalue weighted by Gasteiger charge is 2.20. The van der Waals surface area contributed by atoms with Crippen molar-refractivity contribution in [3.63, 3.8) is 0 Å². The van der Waals surface area contributed by atoms with Gasteiger partial charge in [0.1, 0.15) is 0 Å². The lowest BCUT2D eigenvalue weighted by Gasteiger charge is -2.14. The van der Waals surface area contributed by atoms with Gasteiger partial charge in [0.15, 0.2) is 0 Å².